The van der Waals surface area contributed by atoms with Crippen LogP contribution in [0.5, 0.6) is 0 Å². The van der Waals surface area contributed by atoms with Crippen LogP contribution in [0.15, 0.2) is 42.5 Å². The molecule has 0 aliphatic heterocycles. The number of rotatable bonds is 4. The lowest BCUT2D eigenvalue weighted by Crippen LogP contribution is -2.20. The number of halogens is 3. The van der Waals surface area contributed by atoms with Crippen molar-refractivity contribution < 1.29 is 9.18 Å². The number of aryl methyl sites for hydroxylation is 1. The minimum Gasteiger partial charge on any atom is -0.308 e. The number of carbonyl (C=O) groups is 1. The summed E-state index contributed by atoms with van der Waals surface area (Å²) in [4.78, 5) is 12.3. The molecule has 3 rings (SSSR count). The predicted molar refractivity (Wildman–Crippen MR) is 106 cm³/mol. The number of nitrogens with zero attached hydrogens (tertiary/aromatic N) is 2. The Kier molecular flexibility index (Phi) is 5.68. The molecule has 0 saturated carbocycles. The highest BCUT2D eigenvalue weighted by molar-refractivity contribution is 6.31. The molecule has 27 heavy (non-hydrogen) atoms. The van der Waals surface area contributed by atoms with Gasteiger partial charge in [-0.3, -0.25) is 4.68 Å². The van der Waals surface area contributed by atoms with E-state index in [0.717, 1.165) is 11.3 Å². The van der Waals surface area contributed by atoms with Gasteiger partial charge in [0.1, 0.15) is 5.82 Å². The first-order chi connectivity index (χ1) is 12.8. The fourth-order valence-corrected chi connectivity index (χ4v) is 3.10. The summed E-state index contributed by atoms with van der Waals surface area (Å²) in [6.45, 7) is 4.00. The largest absolute Gasteiger partial charge is 0.323 e. The average Bonchev–Trinajstić information content (AvgIpc) is 2.85. The van der Waals surface area contributed by atoms with Crippen molar-refractivity contribution in [1.82, 2.24) is 9.78 Å². The van der Waals surface area contributed by atoms with Gasteiger partial charge in [0.25, 0.3) is 0 Å². The smallest absolute Gasteiger partial charge is 0.308 e. The fourth-order valence-electron chi connectivity index (χ4n) is 2.69. The van der Waals surface area contributed by atoms with Gasteiger partial charge >= 0.3 is 6.03 Å². The number of aromatic nitrogens is 2. The zero-order chi connectivity index (χ0) is 19.6. The van der Waals surface area contributed by atoms with Crippen molar-refractivity contribution in [2.24, 2.45) is 0 Å². The monoisotopic (exact) mass is 406 g/mol. The number of nitrogens with one attached hydrogen (secondary N) is 2. The summed E-state index contributed by atoms with van der Waals surface area (Å²) < 4.78 is 14.9. The first-order valence-corrected chi connectivity index (χ1v) is 8.90. The van der Waals surface area contributed by atoms with Gasteiger partial charge in [-0.2, -0.15) is 5.10 Å². The van der Waals surface area contributed by atoms with Gasteiger partial charge in [0, 0.05) is 15.7 Å². The highest BCUT2D eigenvalue weighted by Crippen LogP contribution is 2.24. The van der Waals surface area contributed by atoms with Crippen LogP contribution in [0.3, 0.4) is 0 Å². The fraction of sp³-hybridized carbons (Fsp3) is 0.158. The summed E-state index contributed by atoms with van der Waals surface area (Å²) in [7, 11) is 0. The molecule has 140 valence electrons. The Morgan fingerprint density at radius 2 is 1.93 bits per heavy atom. The molecule has 0 unspecified atom stereocenters. The van der Waals surface area contributed by atoms with Crippen LogP contribution in [-0.2, 0) is 6.54 Å². The quantitative estimate of drug-likeness (QED) is 0.588. The summed E-state index contributed by atoms with van der Waals surface area (Å²) in [5.41, 5.74) is 3.34. The third-order valence-electron chi connectivity index (χ3n) is 4.04. The highest BCUT2D eigenvalue weighted by atomic mass is 35.5. The van der Waals surface area contributed by atoms with E-state index in [2.05, 4.69) is 15.7 Å². The van der Waals surface area contributed by atoms with E-state index in [-0.39, 0.29) is 0 Å². The lowest BCUT2D eigenvalue weighted by Gasteiger charge is -2.09. The summed E-state index contributed by atoms with van der Waals surface area (Å²) in [6.07, 6.45) is 0. The van der Waals surface area contributed by atoms with Gasteiger partial charge in [0.15, 0.2) is 0 Å². The molecule has 0 fully saturated rings. The molecule has 1 aromatic heterocycles. The molecular weight excluding hydrogens is 390 g/mol. The van der Waals surface area contributed by atoms with Crippen molar-refractivity contribution in [3.63, 3.8) is 0 Å². The van der Waals surface area contributed by atoms with Crippen molar-refractivity contribution in [2.75, 3.05) is 10.6 Å². The van der Waals surface area contributed by atoms with Crippen LogP contribution in [0.4, 0.5) is 20.6 Å². The number of amides is 2. The first kappa shape index (κ1) is 19.2. The predicted octanol–water partition coefficient (Wildman–Crippen LogP) is 5.64. The second-order valence-electron chi connectivity index (χ2n) is 6.03. The van der Waals surface area contributed by atoms with E-state index in [1.54, 1.807) is 41.9 Å². The third kappa shape index (κ3) is 4.59. The Bertz CT molecular complexity index is 1000. The van der Waals surface area contributed by atoms with E-state index >= 15 is 0 Å². The van der Waals surface area contributed by atoms with Gasteiger partial charge in [0.05, 0.1) is 23.6 Å². The molecule has 0 saturated heterocycles. The topological polar surface area (TPSA) is 59.0 Å². The van der Waals surface area contributed by atoms with Gasteiger partial charge < -0.3 is 10.6 Å². The van der Waals surface area contributed by atoms with Gasteiger partial charge in [-0.15, -0.1) is 0 Å². The molecule has 2 amide bonds. The van der Waals surface area contributed by atoms with Crippen molar-refractivity contribution >= 4 is 40.6 Å². The summed E-state index contributed by atoms with van der Waals surface area (Å²) in [5, 5.41) is 10.8. The molecule has 0 atom stereocenters. The molecule has 2 aromatic carbocycles. The van der Waals surface area contributed by atoms with Crippen molar-refractivity contribution in [3.05, 3.63) is 75.3 Å². The SMILES string of the molecule is Cc1nn(Cc2ccc(F)cc2Cl)c(C)c1NC(=O)Nc1cccc(Cl)c1. The molecule has 2 N–H and O–H groups in total. The third-order valence-corrected chi connectivity index (χ3v) is 4.62. The maximum absolute atomic E-state index is 13.2. The highest BCUT2D eigenvalue weighted by Gasteiger charge is 2.15. The van der Waals surface area contributed by atoms with Crippen molar-refractivity contribution in [3.8, 4) is 0 Å². The molecule has 5 nitrogen and oxygen atoms in total. The Labute approximate surface area is 166 Å². The summed E-state index contributed by atoms with van der Waals surface area (Å²) in [5.74, 6) is -0.392. The van der Waals surface area contributed by atoms with Crippen LogP contribution in [0.2, 0.25) is 10.0 Å². The van der Waals surface area contributed by atoms with E-state index in [1.165, 1.54) is 12.1 Å². The molecule has 8 heteroatoms. The number of carbonyl (C=O) groups excluding carboxylic acids is 1. The van der Waals surface area contributed by atoms with E-state index in [1.807, 2.05) is 6.92 Å². The first-order valence-electron chi connectivity index (χ1n) is 8.15. The van der Waals surface area contributed by atoms with E-state index < -0.39 is 11.8 Å². The molecule has 1 heterocycles. The van der Waals surface area contributed by atoms with Crippen molar-refractivity contribution in [1.29, 1.82) is 0 Å². The normalized spacial score (nSPS) is 10.7. The zero-order valence-electron chi connectivity index (χ0n) is 14.7. The van der Waals surface area contributed by atoms with E-state index in [0.29, 0.717) is 33.7 Å². The Morgan fingerprint density at radius 1 is 1.15 bits per heavy atom. The van der Waals surface area contributed by atoms with Gasteiger partial charge in [-0.25, -0.2) is 9.18 Å². The standard InChI is InChI=1S/C19H17Cl2FN4O/c1-11-18(24-19(27)23-16-5-3-4-14(20)8-16)12(2)26(25-11)10-13-6-7-15(22)9-17(13)21/h3-9H,10H2,1-2H3,(H2,23,24,27). The van der Waals surface area contributed by atoms with Gasteiger partial charge in [-0.05, 0) is 49.7 Å². The van der Waals surface area contributed by atoms with Crippen LogP contribution in [0, 0.1) is 19.7 Å². The molecule has 0 spiro atoms. The second-order valence-corrected chi connectivity index (χ2v) is 6.87. The minimum absolute atomic E-state index is 0.329. The van der Waals surface area contributed by atoms with Crippen LogP contribution in [0.25, 0.3) is 0 Å². The molecule has 0 bridgehead atoms. The molecule has 0 aliphatic rings. The maximum atomic E-state index is 13.2. The molecule has 3 aromatic rings. The van der Waals surface area contributed by atoms with Gasteiger partial charge in [-0.1, -0.05) is 35.3 Å². The molecule has 0 radical (unpaired) electrons. The van der Waals surface area contributed by atoms with E-state index in [4.69, 9.17) is 23.2 Å². The van der Waals surface area contributed by atoms with Crippen LogP contribution < -0.4 is 10.6 Å². The molecule has 0 aliphatic carbocycles. The Morgan fingerprint density at radius 3 is 2.63 bits per heavy atom. The summed E-state index contributed by atoms with van der Waals surface area (Å²) >= 11 is 12.0. The minimum atomic E-state index is -0.400. The van der Waals surface area contributed by atoms with E-state index in [9.17, 15) is 9.18 Å². The number of benzene rings is 2. The van der Waals surface area contributed by atoms with Gasteiger partial charge in [0.2, 0.25) is 0 Å². The summed E-state index contributed by atoms with van der Waals surface area (Å²) in [6, 6.07) is 10.7. The van der Waals surface area contributed by atoms with Crippen LogP contribution in [-0.4, -0.2) is 15.8 Å². The Balaban J connectivity index is 1.76. The van der Waals surface area contributed by atoms with Crippen LogP contribution in [0.1, 0.15) is 17.0 Å². The number of anilines is 2. The lowest BCUT2D eigenvalue weighted by molar-refractivity contribution is 0.262. The number of urea groups is 1. The lowest BCUT2D eigenvalue weighted by atomic mass is 10.2. The second kappa shape index (κ2) is 7.98. The average molecular weight is 407 g/mol. The van der Waals surface area contributed by atoms with Crippen molar-refractivity contribution in [2.45, 2.75) is 20.4 Å². The molecular formula is C19H17Cl2FN4O. The maximum Gasteiger partial charge on any atom is 0.323 e. The number of hydrogen-bond acceptors (Lipinski definition) is 2. The number of hydrogen-bond donors (Lipinski definition) is 2. The zero-order valence-corrected chi connectivity index (χ0v) is 16.2. The van der Waals surface area contributed by atoms with Crippen LogP contribution >= 0.6 is 23.2 Å². The Hall–Kier alpha value is -2.57.